The first-order chi connectivity index (χ1) is 8.36. The second-order valence-electron chi connectivity index (χ2n) is 4.72. The van der Waals surface area contributed by atoms with Gasteiger partial charge in [0.2, 0.25) is 0 Å². The quantitative estimate of drug-likeness (QED) is 0.862. The van der Waals surface area contributed by atoms with Crippen LogP contribution < -0.4 is 11.5 Å². The summed E-state index contributed by atoms with van der Waals surface area (Å²) in [7, 11) is -3.19. The topological polar surface area (TPSA) is 86.2 Å². The third kappa shape index (κ3) is 2.05. The molecule has 100 valence electrons. The summed E-state index contributed by atoms with van der Waals surface area (Å²) in [4.78, 5) is 0. The van der Waals surface area contributed by atoms with E-state index in [1.807, 2.05) is 12.1 Å². The maximum Gasteiger partial charge on any atom is 0.155 e. The summed E-state index contributed by atoms with van der Waals surface area (Å²) in [6, 6.07) is 7.11. The van der Waals surface area contributed by atoms with Gasteiger partial charge in [-0.2, -0.15) is 0 Å². The van der Waals surface area contributed by atoms with Crippen LogP contribution in [0, 0.1) is 0 Å². The highest BCUT2D eigenvalue weighted by molar-refractivity contribution is 7.92. The molecular weight excluding hydrogens is 272 g/mol. The van der Waals surface area contributed by atoms with E-state index in [9.17, 15) is 8.42 Å². The summed E-state index contributed by atoms with van der Waals surface area (Å²) in [6.07, 6.45) is 0. The molecule has 2 rings (SSSR count). The van der Waals surface area contributed by atoms with Crippen molar-refractivity contribution in [3.8, 4) is 0 Å². The third-order valence-corrected chi connectivity index (χ3v) is 6.22. The van der Waals surface area contributed by atoms with E-state index in [1.54, 1.807) is 19.1 Å². The Morgan fingerprint density at radius 1 is 1.33 bits per heavy atom. The van der Waals surface area contributed by atoms with Crippen LogP contribution in [0.5, 0.6) is 0 Å². The Bertz CT molecular complexity index is 544. The lowest BCUT2D eigenvalue weighted by Crippen LogP contribution is -2.39. The Kier molecular flexibility index (Phi) is 3.44. The standard InChI is InChI=1S/C12H17ClN2O2S/c1-2-18(16,17)11-10(12(11,15)7-14)8-3-5-9(13)6-4-8/h3-6,10-11H,2,7,14-15H2,1H3/t10-,11+,12+/m1/s1. The van der Waals surface area contributed by atoms with Crippen LogP contribution in [0.4, 0.5) is 0 Å². The Morgan fingerprint density at radius 3 is 2.33 bits per heavy atom. The molecule has 1 aromatic rings. The summed E-state index contributed by atoms with van der Waals surface area (Å²) in [6.45, 7) is 1.79. The van der Waals surface area contributed by atoms with Crippen molar-refractivity contribution in [3.05, 3.63) is 34.9 Å². The van der Waals surface area contributed by atoms with Crippen LogP contribution in [0.15, 0.2) is 24.3 Å². The van der Waals surface area contributed by atoms with Gasteiger partial charge in [-0.1, -0.05) is 30.7 Å². The molecule has 0 bridgehead atoms. The minimum Gasteiger partial charge on any atom is -0.329 e. The molecule has 18 heavy (non-hydrogen) atoms. The Morgan fingerprint density at radius 2 is 1.89 bits per heavy atom. The van der Waals surface area contributed by atoms with Crippen molar-refractivity contribution in [2.45, 2.75) is 23.6 Å². The van der Waals surface area contributed by atoms with Gasteiger partial charge in [-0.05, 0) is 17.7 Å². The SMILES string of the molecule is CCS(=O)(=O)[C@H]1[C@@H](c2ccc(Cl)cc2)[C@@]1(N)CN. The highest BCUT2D eigenvalue weighted by Gasteiger charge is 2.67. The lowest BCUT2D eigenvalue weighted by atomic mass is 10.1. The first-order valence-electron chi connectivity index (χ1n) is 5.83. The maximum absolute atomic E-state index is 12.0. The van der Waals surface area contributed by atoms with E-state index < -0.39 is 20.6 Å². The molecule has 0 spiro atoms. The number of hydrogen-bond donors (Lipinski definition) is 2. The van der Waals surface area contributed by atoms with Crippen LogP contribution in [0.3, 0.4) is 0 Å². The lowest BCUT2D eigenvalue weighted by molar-refractivity contribution is 0.587. The van der Waals surface area contributed by atoms with Crippen molar-refractivity contribution in [1.29, 1.82) is 0 Å². The zero-order valence-corrected chi connectivity index (χ0v) is 11.7. The van der Waals surface area contributed by atoms with Crippen molar-refractivity contribution < 1.29 is 8.42 Å². The van der Waals surface area contributed by atoms with Gasteiger partial charge < -0.3 is 11.5 Å². The van der Waals surface area contributed by atoms with Crippen molar-refractivity contribution in [2.24, 2.45) is 11.5 Å². The number of nitrogens with two attached hydrogens (primary N) is 2. The van der Waals surface area contributed by atoms with Crippen LogP contribution in [0.25, 0.3) is 0 Å². The number of rotatable bonds is 4. The Hall–Kier alpha value is -0.620. The molecule has 1 aliphatic rings. The van der Waals surface area contributed by atoms with Gasteiger partial charge in [0.15, 0.2) is 9.84 Å². The summed E-state index contributed by atoms with van der Waals surface area (Å²) in [5.74, 6) is -0.148. The van der Waals surface area contributed by atoms with E-state index in [0.717, 1.165) is 5.56 Å². The first kappa shape index (κ1) is 13.8. The minimum absolute atomic E-state index is 0.0840. The van der Waals surface area contributed by atoms with E-state index in [2.05, 4.69) is 0 Å². The van der Waals surface area contributed by atoms with Crippen molar-refractivity contribution in [2.75, 3.05) is 12.3 Å². The molecule has 0 unspecified atom stereocenters. The molecule has 0 heterocycles. The van der Waals surface area contributed by atoms with Gasteiger partial charge in [-0.25, -0.2) is 8.42 Å². The van der Waals surface area contributed by atoms with E-state index in [4.69, 9.17) is 23.1 Å². The smallest absolute Gasteiger partial charge is 0.155 e. The molecule has 4 nitrogen and oxygen atoms in total. The molecule has 4 N–H and O–H groups in total. The van der Waals surface area contributed by atoms with Crippen molar-refractivity contribution in [1.82, 2.24) is 0 Å². The minimum atomic E-state index is -3.19. The molecule has 1 aromatic carbocycles. The fourth-order valence-electron chi connectivity index (χ4n) is 2.54. The van der Waals surface area contributed by atoms with E-state index in [0.29, 0.717) is 5.02 Å². The third-order valence-electron chi connectivity index (χ3n) is 3.67. The first-order valence-corrected chi connectivity index (χ1v) is 7.92. The average Bonchev–Trinajstić information content (AvgIpc) is 2.98. The van der Waals surface area contributed by atoms with Gasteiger partial charge in [-0.15, -0.1) is 0 Å². The largest absolute Gasteiger partial charge is 0.329 e. The molecule has 1 saturated carbocycles. The second-order valence-corrected chi connectivity index (χ2v) is 7.57. The molecule has 3 atom stereocenters. The van der Waals surface area contributed by atoms with Crippen molar-refractivity contribution in [3.63, 3.8) is 0 Å². The second kappa shape index (κ2) is 4.49. The van der Waals surface area contributed by atoms with Crippen LogP contribution in [0.1, 0.15) is 18.4 Å². The van der Waals surface area contributed by atoms with Crippen LogP contribution in [0.2, 0.25) is 5.02 Å². The fourth-order valence-corrected chi connectivity index (χ4v) is 4.69. The monoisotopic (exact) mass is 288 g/mol. The normalized spacial score (nSPS) is 31.3. The zero-order valence-electron chi connectivity index (χ0n) is 10.1. The van der Waals surface area contributed by atoms with Gasteiger partial charge >= 0.3 is 0 Å². The molecule has 6 heteroatoms. The number of benzene rings is 1. The average molecular weight is 289 g/mol. The van der Waals surface area contributed by atoms with E-state index >= 15 is 0 Å². The molecular formula is C12H17ClN2O2S. The number of hydrogen-bond acceptors (Lipinski definition) is 4. The van der Waals surface area contributed by atoms with E-state index in [-0.39, 0.29) is 18.2 Å². The fraction of sp³-hybridized carbons (Fsp3) is 0.500. The maximum atomic E-state index is 12.0. The predicted molar refractivity (Wildman–Crippen MR) is 73.4 cm³/mol. The van der Waals surface area contributed by atoms with Gasteiger partial charge in [0.25, 0.3) is 0 Å². The van der Waals surface area contributed by atoms with Crippen LogP contribution in [-0.4, -0.2) is 31.5 Å². The molecule has 0 saturated heterocycles. The summed E-state index contributed by atoms with van der Waals surface area (Å²) in [5, 5.41) is 0.0332. The molecule has 0 aromatic heterocycles. The number of halogens is 1. The lowest BCUT2D eigenvalue weighted by Gasteiger charge is -2.07. The molecule has 0 radical (unpaired) electrons. The molecule has 1 aliphatic carbocycles. The molecule has 0 amide bonds. The molecule has 0 aliphatic heterocycles. The van der Waals surface area contributed by atoms with Crippen LogP contribution >= 0.6 is 11.6 Å². The summed E-state index contributed by atoms with van der Waals surface area (Å²) in [5.41, 5.74) is 11.8. The highest BCUT2D eigenvalue weighted by atomic mass is 35.5. The van der Waals surface area contributed by atoms with E-state index in [1.165, 1.54) is 0 Å². The summed E-state index contributed by atoms with van der Waals surface area (Å²) < 4.78 is 24.1. The Balaban J connectivity index is 2.37. The zero-order chi connectivity index (χ0) is 13.6. The van der Waals surface area contributed by atoms with Crippen LogP contribution in [-0.2, 0) is 9.84 Å². The number of sulfone groups is 1. The Labute approximate surface area is 112 Å². The predicted octanol–water partition coefficient (Wildman–Crippen LogP) is 0.897. The van der Waals surface area contributed by atoms with Gasteiger partial charge in [0, 0.05) is 23.2 Å². The molecule has 1 fully saturated rings. The van der Waals surface area contributed by atoms with Gasteiger partial charge in [0.1, 0.15) is 0 Å². The van der Waals surface area contributed by atoms with Gasteiger partial charge in [-0.3, -0.25) is 0 Å². The highest BCUT2D eigenvalue weighted by Crippen LogP contribution is 2.53. The summed E-state index contributed by atoms with van der Waals surface area (Å²) >= 11 is 5.82. The van der Waals surface area contributed by atoms with Gasteiger partial charge in [0.05, 0.1) is 10.8 Å². The van der Waals surface area contributed by atoms with Crippen molar-refractivity contribution >= 4 is 21.4 Å².